The zero-order chi connectivity index (χ0) is 14.4. The average molecular weight is 272 g/mol. The van der Waals surface area contributed by atoms with Gasteiger partial charge in [-0.3, -0.25) is 4.79 Å². The van der Waals surface area contributed by atoms with E-state index < -0.39 is 17.9 Å². The summed E-state index contributed by atoms with van der Waals surface area (Å²) in [5.74, 6) is -1.47. The fourth-order valence-corrected chi connectivity index (χ4v) is 2.01. The van der Waals surface area contributed by atoms with Crippen molar-refractivity contribution in [1.82, 2.24) is 0 Å². The van der Waals surface area contributed by atoms with E-state index >= 15 is 0 Å². The quantitative estimate of drug-likeness (QED) is 0.790. The number of carbonyl (C=O) groups is 2. The molecule has 2 rings (SSSR count). The maximum absolute atomic E-state index is 12.1. The first-order chi connectivity index (χ1) is 9.72. The van der Waals surface area contributed by atoms with Crippen LogP contribution in [0.25, 0.3) is 0 Å². The van der Waals surface area contributed by atoms with Crippen molar-refractivity contribution in [3.63, 3.8) is 0 Å². The second kappa shape index (κ2) is 6.70. The van der Waals surface area contributed by atoms with Crippen LogP contribution >= 0.6 is 0 Å². The van der Waals surface area contributed by atoms with Gasteiger partial charge in [-0.2, -0.15) is 0 Å². The third-order valence-corrected chi connectivity index (χ3v) is 3.09. The van der Waals surface area contributed by atoms with Crippen molar-refractivity contribution < 1.29 is 19.1 Å². The summed E-state index contributed by atoms with van der Waals surface area (Å²) in [6.45, 7) is 0.189. The molecule has 0 saturated carbocycles. The van der Waals surface area contributed by atoms with Crippen molar-refractivity contribution in [2.75, 3.05) is 7.11 Å². The Balaban J connectivity index is 2.01. The van der Waals surface area contributed by atoms with Gasteiger partial charge in [-0.25, -0.2) is 4.79 Å². The van der Waals surface area contributed by atoms with E-state index in [9.17, 15) is 9.59 Å². The van der Waals surface area contributed by atoms with E-state index in [4.69, 9.17) is 9.47 Å². The smallest absolute Gasteiger partial charge is 0.335 e. The van der Waals surface area contributed by atoms with Gasteiger partial charge in [-0.05, 0) is 12.0 Å². The summed E-state index contributed by atoms with van der Waals surface area (Å²) in [4.78, 5) is 23.7. The Morgan fingerprint density at radius 1 is 1.25 bits per heavy atom. The molecule has 0 N–H and O–H groups in total. The van der Waals surface area contributed by atoms with Gasteiger partial charge in [0.15, 0.2) is 0 Å². The molecule has 1 aliphatic carbocycles. The minimum absolute atomic E-state index is 0.189. The van der Waals surface area contributed by atoms with Crippen LogP contribution in [0.2, 0.25) is 0 Å². The summed E-state index contributed by atoms with van der Waals surface area (Å²) in [5.41, 5.74) is 1.25. The third-order valence-electron chi connectivity index (χ3n) is 3.09. The van der Waals surface area contributed by atoms with Crippen LogP contribution in [-0.2, 0) is 25.7 Å². The van der Waals surface area contributed by atoms with E-state index in [-0.39, 0.29) is 6.61 Å². The summed E-state index contributed by atoms with van der Waals surface area (Å²) in [6, 6.07) is 9.40. The highest BCUT2D eigenvalue weighted by Gasteiger charge is 2.29. The minimum atomic E-state index is -0.576. The van der Waals surface area contributed by atoms with Crippen LogP contribution in [0.4, 0.5) is 0 Å². The van der Waals surface area contributed by atoms with Gasteiger partial charge in [0, 0.05) is 0 Å². The first-order valence-electron chi connectivity index (χ1n) is 6.38. The number of hydrogen-bond acceptors (Lipinski definition) is 4. The second-order valence-electron chi connectivity index (χ2n) is 4.42. The Bertz CT molecular complexity index is 543. The predicted molar refractivity (Wildman–Crippen MR) is 73.6 cm³/mol. The summed E-state index contributed by atoms with van der Waals surface area (Å²) >= 11 is 0. The molecule has 1 aliphatic rings. The molecule has 0 unspecified atom stereocenters. The van der Waals surface area contributed by atoms with Gasteiger partial charge in [0.05, 0.1) is 18.6 Å². The number of allylic oxidation sites excluding steroid dienone is 3. The van der Waals surface area contributed by atoms with Crippen molar-refractivity contribution in [2.45, 2.75) is 13.0 Å². The maximum atomic E-state index is 12.1. The largest absolute Gasteiger partial charge is 0.469 e. The van der Waals surface area contributed by atoms with Gasteiger partial charge in [-0.1, -0.05) is 48.6 Å². The number of esters is 2. The standard InChI is InChI=1S/C16H16O4/c1-19-15(17)13-9-5-6-10-14(13)16(18)20-11-12-7-3-2-4-8-12/h2-8,10,13H,9,11H2,1H3/t13-/m0/s1. The van der Waals surface area contributed by atoms with Crippen molar-refractivity contribution in [1.29, 1.82) is 0 Å². The van der Waals surface area contributed by atoms with Gasteiger partial charge >= 0.3 is 11.9 Å². The normalized spacial score (nSPS) is 17.2. The molecular formula is C16H16O4. The average Bonchev–Trinajstić information content (AvgIpc) is 2.52. The lowest BCUT2D eigenvalue weighted by molar-refractivity contribution is -0.148. The Labute approximate surface area is 117 Å². The molecule has 0 saturated heterocycles. The van der Waals surface area contributed by atoms with E-state index in [1.54, 1.807) is 12.2 Å². The summed E-state index contributed by atoms with van der Waals surface area (Å²) in [5, 5.41) is 0. The number of ether oxygens (including phenoxy) is 2. The first-order valence-corrected chi connectivity index (χ1v) is 6.38. The number of hydrogen-bond donors (Lipinski definition) is 0. The van der Waals surface area contributed by atoms with E-state index in [0.717, 1.165) is 5.56 Å². The van der Waals surface area contributed by atoms with Crippen molar-refractivity contribution in [3.05, 3.63) is 59.7 Å². The first kappa shape index (κ1) is 14.1. The van der Waals surface area contributed by atoms with Gasteiger partial charge in [0.1, 0.15) is 6.61 Å². The monoisotopic (exact) mass is 272 g/mol. The molecule has 1 atom stereocenters. The number of rotatable bonds is 4. The van der Waals surface area contributed by atoms with Crippen LogP contribution in [-0.4, -0.2) is 19.0 Å². The Kier molecular flexibility index (Phi) is 4.71. The molecule has 0 bridgehead atoms. The van der Waals surface area contributed by atoms with Crippen LogP contribution in [0.3, 0.4) is 0 Å². The van der Waals surface area contributed by atoms with Crippen LogP contribution in [0.5, 0.6) is 0 Å². The van der Waals surface area contributed by atoms with Crippen LogP contribution in [0.15, 0.2) is 54.1 Å². The zero-order valence-corrected chi connectivity index (χ0v) is 11.2. The fourth-order valence-electron chi connectivity index (χ4n) is 2.01. The zero-order valence-electron chi connectivity index (χ0n) is 11.2. The highest BCUT2D eigenvalue weighted by atomic mass is 16.5. The molecule has 4 heteroatoms. The Hall–Kier alpha value is -2.36. The Morgan fingerprint density at radius 3 is 2.70 bits per heavy atom. The fraction of sp³-hybridized carbons (Fsp3) is 0.250. The van der Waals surface area contributed by atoms with E-state index in [0.29, 0.717) is 12.0 Å². The highest BCUT2D eigenvalue weighted by molar-refractivity contribution is 5.96. The SMILES string of the molecule is COC(=O)[C@H]1CC=CC=C1C(=O)OCc1ccccc1. The van der Waals surface area contributed by atoms with Crippen molar-refractivity contribution in [2.24, 2.45) is 5.92 Å². The van der Waals surface area contributed by atoms with Crippen LogP contribution in [0, 0.1) is 5.92 Å². The lowest BCUT2D eigenvalue weighted by Gasteiger charge is -2.18. The topological polar surface area (TPSA) is 52.6 Å². The predicted octanol–water partition coefficient (Wildman–Crippen LogP) is 2.41. The molecule has 0 radical (unpaired) electrons. The van der Waals surface area contributed by atoms with Crippen molar-refractivity contribution >= 4 is 11.9 Å². The summed E-state index contributed by atoms with van der Waals surface area (Å²) in [6.07, 6.45) is 5.64. The van der Waals surface area contributed by atoms with Crippen LogP contribution in [0.1, 0.15) is 12.0 Å². The molecule has 1 aromatic carbocycles. The Morgan fingerprint density at radius 2 is 2.00 bits per heavy atom. The lowest BCUT2D eigenvalue weighted by Crippen LogP contribution is -2.25. The second-order valence-corrected chi connectivity index (χ2v) is 4.42. The number of benzene rings is 1. The third kappa shape index (κ3) is 3.35. The minimum Gasteiger partial charge on any atom is -0.469 e. The van der Waals surface area contributed by atoms with Gasteiger partial charge in [-0.15, -0.1) is 0 Å². The maximum Gasteiger partial charge on any atom is 0.335 e. The lowest BCUT2D eigenvalue weighted by atomic mass is 9.91. The molecule has 104 valence electrons. The van der Waals surface area contributed by atoms with Crippen LogP contribution < -0.4 is 0 Å². The molecule has 1 aromatic rings. The van der Waals surface area contributed by atoms with Gasteiger partial charge < -0.3 is 9.47 Å². The van der Waals surface area contributed by atoms with E-state index in [2.05, 4.69) is 0 Å². The molecule has 0 fully saturated rings. The molecule has 4 nitrogen and oxygen atoms in total. The molecule has 0 heterocycles. The van der Waals surface area contributed by atoms with E-state index in [1.165, 1.54) is 7.11 Å². The molecule has 0 spiro atoms. The summed E-state index contributed by atoms with van der Waals surface area (Å²) < 4.78 is 9.96. The summed E-state index contributed by atoms with van der Waals surface area (Å²) in [7, 11) is 1.31. The van der Waals surface area contributed by atoms with E-state index in [1.807, 2.05) is 36.4 Å². The van der Waals surface area contributed by atoms with Gasteiger partial charge in [0.2, 0.25) is 0 Å². The molecule has 20 heavy (non-hydrogen) atoms. The molecule has 0 aromatic heterocycles. The molecule has 0 aliphatic heterocycles. The van der Waals surface area contributed by atoms with Gasteiger partial charge in [0.25, 0.3) is 0 Å². The molecule has 0 amide bonds. The van der Waals surface area contributed by atoms with Crippen molar-refractivity contribution in [3.8, 4) is 0 Å². The number of methoxy groups -OCH3 is 1. The molecular weight excluding hydrogens is 256 g/mol. The number of carbonyl (C=O) groups excluding carboxylic acids is 2. The highest BCUT2D eigenvalue weighted by Crippen LogP contribution is 2.23.